The first-order chi connectivity index (χ1) is 9.22. The Morgan fingerprint density at radius 1 is 1.47 bits per heavy atom. The van der Waals surface area contributed by atoms with E-state index in [0.717, 1.165) is 26.1 Å². The van der Waals surface area contributed by atoms with E-state index in [1.165, 1.54) is 12.8 Å². The Morgan fingerprint density at radius 3 is 2.79 bits per heavy atom. The largest absolute Gasteiger partial charge is 0.465 e. The van der Waals surface area contributed by atoms with Gasteiger partial charge in [-0.05, 0) is 32.7 Å². The molecular weight excluding hydrogens is 244 g/mol. The van der Waals surface area contributed by atoms with Crippen LogP contribution >= 0.6 is 0 Å². The molecule has 5 heteroatoms. The Balaban J connectivity index is 2.59. The summed E-state index contributed by atoms with van der Waals surface area (Å²) in [6, 6.07) is 0.331. The Hall–Kier alpha value is -0.650. The van der Waals surface area contributed by atoms with Crippen molar-refractivity contribution >= 4 is 5.97 Å². The fourth-order valence-electron chi connectivity index (χ4n) is 2.59. The number of methoxy groups -OCH3 is 1. The zero-order valence-corrected chi connectivity index (χ0v) is 12.5. The number of hydrogen-bond donors (Lipinski definition) is 1. The van der Waals surface area contributed by atoms with Gasteiger partial charge in [0.15, 0.2) is 0 Å². The first-order valence-electron chi connectivity index (χ1n) is 7.35. The van der Waals surface area contributed by atoms with Crippen LogP contribution in [0.1, 0.15) is 33.1 Å². The summed E-state index contributed by atoms with van der Waals surface area (Å²) in [4.78, 5) is 14.2. The molecular formula is C14H28N2O3. The molecule has 1 heterocycles. The molecule has 1 saturated heterocycles. The van der Waals surface area contributed by atoms with E-state index in [4.69, 9.17) is 9.47 Å². The zero-order chi connectivity index (χ0) is 14.1. The zero-order valence-electron chi connectivity index (χ0n) is 12.5. The average Bonchev–Trinajstić information content (AvgIpc) is 2.89. The van der Waals surface area contributed by atoms with Gasteiger partial charge in [-0.2, -0.15) is 0 Å². The van der Waals surface area contributed by atoms with Crippen LogP contribution in [0.3, 0.4) is 0 Å². The van der Waals surface area contributed by atoms with E-state index in [-0.39, 0.29) is 12.0 Å². The molecule has 19 heavy (non-hydrogen) atoms. The van der Waals surface area contributed by atoms with Gasteiger partial charge >= 0.3 is 5.97 Å². The summed E-state index contributed by atoms with van der Waals surface area (Å²) in [6.45, 7) is 7.70. The molecule has 1 fully saturated rings. The third-order valence-electron chi connectivity index (χ3n) is 3.59. The predicted octanol–water partition coefficient (Wildman–Crippen LogP) is 1.03. The molecule has 0 aromatic heterocycles. The minimum atomic E-state index is -0.155. The molecule has 0 amide bonds. The summed E-state index contributed by atoms with van der Waals surface area (Å²) in [5.74, 6) is -0.112. The van der Waals surface area contributed by atoms with Crippen LogP contribution in [0.4, 0.5) is 0 Å². The van der Waals surface area contributed by atoms with Crippen LogP contribution < -0.4 is 5.32 Å². The van der Waals surface area contributed by atoms with E-state index in [2.05, 4.69) is 10.2 Å². The first kappa shape index (κ1) is 16.4. The summed E-state index contributed by atoms with van der Waals surface area (Å²) in [5, 5.41) is 3.48. The van der Waals surface area contributed by atoms with Crippen molar-refractivity contribution in [3.05, 3.63) is 0 Å². The van der Waals surface area contributed by atoms with Crippen molar-refractivity contribution in [1.29, 1.82) is 0 Å². The molecule has 0 radical (unpaired) electrons. The molecule has 0 bridgehead atoms. The van der Waals surface area contributed by atoms with Gasteiger partial charge in [-0.3, -0.25) is 9.69 Å². The van der Waals surface area contributed by atoms with Gasteiger partial charge in [-0.1, -0.05) is 6.92 Å². The van der Waals surface area contributed by atoms with Gasteiger partial charge < -0.3 is 14.8 Å². The van der Waals surface area contributed by atoms with Crippen molar-refractivity contribution in [2.24, 2.45) is 0 Å². The molecule has 2 atom stereocenters. The van der Waals surface area contributed by atoms with Gasteiger partial charge in [0.1, 0.15) is 6.04 Å². The summed E-state index contributed by atoms with van der Waals surface area (Å²) >= 11 is 0. The standard InChI is InChI=1S/C14H28N2O3/c1-4-13(14(17)19-5-2)16(9-10-18-3)11-12-7-6-8-15-12/h12-13,15H,4-11H2,1-3H3. The van der Waals surface area contributed by atoms with Crippen LogP contribution in [0.25, 0.3) is 0 Å². The second-order valence-electron chi connectivity index (χ2n) is 4.96. The molecule has 0 spiro atoms. The lowest BCUT2D eigenvalue weighted by atomic mass is 10.1. The van der Waals surface area contributed by atoms with Crippen LogP contribution in [-0.2, 0) is 14.3 Å². The summed E-state index contributed by atoms with van der Waals surface area (Å²) in [6.07, 6.45) is 3.18. The minimum absolute atomic E-state index is 0.112. The second kappa shape index (κ2) is 9.28. The fraction of sp³-hybridized carbons (Fsp3) is 0.929. The van der Waals surface area contributed by atoms with Crippen LogP contribution in [-0.4, -0.2) is 62.9 Å². The molecule has 0 aromatic carbocycles. The maximum absolute atomic E-state index is 12.0. The molecule has 1 N–H and O–H groups in total. The Morgan fingerprint density at radius 2 is 2.26 bits per heavy atom. The van der Waals surface area contributed by atoms with Crippen LogP contribution in [0.15, 0.2) is 0 Å². The SMILES string of the molecule is CCOC(=O)C(CC)N(CCOC)CC1CCCN1. The molecule has 112 valence electrons. The lowest BCUT2D eigenvalue weighted by Crippen LogP contribution is -2.48. The normalized spacial score (nSPS) is 20.7. The molecule has 1 aliphatic heterocycles. The van der Waals surface area contributed by atoms with E-state index in [1.54, 1.807) is 7.11 Å². The lowest BCUT2D eigenvalue weighted by Gasteiger charge is -2.31. The number of ether oxygens (including phenoxy) is 2. The highest BCUT2D eigenvalue weighted by Crippen LogP contribution is 2.12. The average molecular weight is 272 g/mol. The molecule has 1 rings (SSSR count). The number of carbonyl (C=O) groups excluding carboxylic acids is 1. The summed E-state index contributed by atoms with van der Waals surface area (Å²) < 4.78 is 10.3. The maximum Gasteiger partial charge on any atom is 0.323 e. The van der Waals surface area contributed by atoms with E-state index in [0.29, 0.717) is 19.3 Å². The van der Waals surface area contributed by atoms with E-state index >= 15 is 0 Å². The van der Waals surface area contributed by atoms with E-state index < -0.39 is 0 Å². The fourth-order valence-corrected chi connectivity index (χ4v) is 2.59. The smallest absolute Gasteiger partial charge is 0.323 e. The van der Waals surface area contributed by atoms with E-state index in [9.17, 15) is 4.79 Å². The Bertz CT molecular complexity index is 255. The summed E-state index contributed by atoms with van der Waals surface area (Å²) in [7, 11) is 1.69. The highest BCUT2D eigenvalue weighted by molar-refractivity contribution is 5.75. The third-order valence-corrected chi connectivity index (χ3v) is 3.59. The van der Waals surface area contributed by atoms with Crippen LogP contribution in [0.5, 0.6) is 0 Å². The van der Waals surface area contributed by atoms with Gasteiger partial charge in [0.25, 0.3) is 0 Å². The highest BCUT2D eigenvalue weighted by Gasteiger charge is 2.28. The van der Waals surface area contributed by atoms with Gasteiger partial charge in [-0.15, -0.1) is 0 Å². The van der Waals surface area contributed by atoms with Crippen molar-refractivity contribution in [3.8, 4) is 0 Å². The summed E-state index contributed by atoms with van der Waals surface area (Å²) in [5.41, 5.74) is 0. The molecule has 0 saturated carbocycles. The number of carbonyl (C=O) groups is 1. The second-order valence-corrected chi connectivity index (χ2v) is 4.96. The van der Waals surface area contributed by atoms with Gasteiger partial charge in [0.05, 0.1) is 13.2 Å². The third kappa shape index (κ3) is 5.47. The Labute approximate surface area is 116 Å². The van der Waals surface area contributed by atoms with Gasteiger partial charge in [0.2, 0.25) is 0 Å². The minimum Gasteiger partial charge on any atom is -0.465 e. The maximum atomic E-state index is 12.0. The number of esters is 1. The van der Waals surface area contributed by atoms with Crippen molar-refractivity contribution in [2.45, 2.75) is 45.2 Å². The number of nitrogens with zero attached hydrogens (tertiary/aromatic N) is 1. The van der Waals surface area contributed by atoms with Crippen molar-refractivity contribution in [3.63, 3.8) is 0 Å². The number of hydrogen-bond acceptors (Lipinski definition) is 5. The van der Waals surface area contributed by atoms with E-state index in [1.807, 2.05) is 13.8 Å². The van der Waals surface area contributed by atoms with Crippen LogP contribution in [0.2, 0.25) is 0 Å². The first-order valence-corrected chi connectivity index (χ1v) is 7.35. The number of nitrogens with one attached hydrogen (secondary N) is 1. The quantitative estimate of drug-likeness (QED) is 0.635. The van der Waals surface area contributed by atoms with Crippen LogP contribution in [0, 0.1) is 0 Å². The monoisotopic (exact) mass is 272 g/mol. The molecule has 0 aromatic rings. The van der Waals surface area contributed by atoms with Crippen molar-refractivity contribution < 1.29 is 14.3 Å². The van der Waals surface area contributed by atoms with Gasteiger partial charge in [0, 0.05) is 26.2 Å². The molecule has 0 aliphatic carbocycles. The van der Waals surface area contributed by atoms with Crippen molar-refractivity contribution in [1.82, 2.24) is 10.2 Å². The topological polar surface area (TPSA) is 50.8 Å². The molecule has 2 unspecified atom stereocenters. The lowest BCUT2D eigenvalue weighted by molar-refractivity contribution is -0.150. The predicted molar refractivity (Wildman–Crippen MR) is 75.2 cm³/mol. The highest BCUT2D eigenvalue weighted by atomic mass is 16.5. The molecule has 5 nitrogen and oxygen atoms in total. The molecule has 1 aliphatic rings. The van der Waals surface area contributed by atoms with Gasteiger partial charge in [-0.25, -0.2) is 0 Å². The Kier molecular flexibility index (Phi) is 8.02. The van der Waals surface area contributed by atoms with Crippen molar-refractivity contribution in [2.75, 3.05) is 40.0 Å². The number of rotatable bonds is 9.